The van der Waals surface area contributed by atoms with Crippen LogP contribution in [0.3, 0.4) is 0 Å². The lowest BCUT2D eigenvalue weighted by molar-refractivity contribution is -0.123. The van der Waals surface area contributed by atoms with Crippen molar-refractivity contribution in [3.8, 4) is 17.2 Å². The van der Waals surface area contributed by atoms with Crippen molar-refractivity contribution in [3.63, 3.8) is 0 Å². The number of carbonyl (C=O) groups is 2. The van der Waals surface area contributed by atoms with Crippen LogP contribution in [0.15, 0.2) is 78.0 Å². The van der Waals surface area contributed by atoms with Gasteiger partial charge in [0.1, 0.15) is 11.5 Å². The molecule has 4 aromatic rings. The van der Waals surface area contributed by atoms with Gasteiger partial charge in [0.2, 0.25) is 5.91 Å². The van der Waals surface area contributed by atoms with Gasteiger partial charge < -0.3 is 20.1 Å². The summed E-state index contributed by atoms with van der Waals surface area (Å²) >= 11 is 13.3. The Balaban J connectivity index is 1.41. The molecule has 9 nitrogen and oxygen atoms in total. The van der Waals surface area contributed by atoms with Crippen LogP contribution in [0.1, 0.15) is 5.82 Å². The molecule has 0 aliphatic carbocycles. The summed E-state index contributed by atoms with van der Waals surface area (Å²) in [6, 6.07) is 20.9. The summed E-state index contributed by atoms with van der Waals surface area (Å²) in [4.78, 5) is 24.9. The van der Waals surface area contributed by atoms with Crippen molar-refractivity contribution in [1.29, 1.82) is 0 Å². The molecule has 2 N–H and O–H groups in total. The van der Waals surface area contributed by atoms with Gasteiger partial charge in [-0.15, -0.1) is 10.2 Å². The van der Waals surface area contributed by atoms with Crippen molar-refractivity contribution >= 4 is 52.5 Å². The number of carbonyl (C=O) groups excluding carboxylic acids is 2. The predicted octanol–water partition coefficient (Wildman–Crippen LogP) is 5.01. The van der Waals surface area contributed by atoms with Crippen molar-refractivity contribution in [2.24, 2.45) is 0 Å². The number of benzene rings is 3. The normalized spacial score (nSPS) is 10.6. The Morgan fingerprint density at radius 1 is 0.921 bits per heavy atom. The van der Waals surface area contributed by atoms with E-state index in [2.05, 4.69) is 20.8 Å². The SMILES string of the molecule is COc1ccc(NC(=O)CSc2nnc(CNC(=O)COc3ccc(Cl)cc3)n2-c2cccc(Cl)c2)cc1. The zero-order chi connectivity index (χ0) is 26.9. The Morgan fingerprint density at radius 3 is 2.37 bits per heavy atom. The number of anilines is 1. The number of halogens is 2. The highest BCUT2D eigenvalue weighted by atomic mass is 35.5. The fourth-order valence-electron chi connectivity index (χ4n) is 3.29. The van der Waals surface area contributed by atoms with Gasteiger partial charge in [-0.1, -0.05) is 41.0 Å². The molecule has 1 heterocycles. The molecule has 0 aliphatic heterocycles. The zero-order valence-electron chi connectivity index (χ0n) is 20.2. The minimum absolute atomic E-state index is 0.0843. The molecule has 0 saturated carbocycles. The smallest absolute Gasteiger partial charge is 0.258 e. The third kappa shape index (κ3) is 7.64. The highest BCUT2D eigenvalue weighted by molar-refractivity contribution is 7.99. The van der Waals surface area contributed by atoms with Gasteiger partial charge in [-0.25, -0.2) is 0 Å². The second-order valence-electron chi connectivity index (χ2n) is 7.80. The van der Waals surface area contributed by atoms with Crippen LogP contribution in [0, 0.1) is 0 Å². The van der Waals surface area contributed by atoms with E-state index < -0.39 is 0 Å². The van der Waals surface area contributed by atoms with Crippen LogP contribution in [-0.2, 0) is 16.1 Å². The largest absolute Gasteiger partial charge is 0.497 e. The van der Waals surface area contributed by atoms with Gasteiger partial charge in [-0.2, -0.15) is 0 Å². The Morgan fingerprint density at radius 2 is 1.66 bits per heavy atom. The predicted molar refractivity (Wildman–Crippen MR) is 148 cm³/mol. The monoisotopic (exact) mass is 571 g/mol. The first-order valence-electron chi connectivity index (χ1n) is 11.3. The molecule has 0 radical (unpaired) electrons. The molecule has 4 rings (SSSR count). The summed E-state index contributed by atoms with van der Waals surface area (Å²) in [6.45, 7) is -0.0962. The third-order valence-corrected chi connectivity index (χ3v) is 6.52. The van der Waals surface area contributed by atoms with E-state index in [1.54, 1.807) is 78.4 Å². The highest BCUT2D eigenvalue weighted by Gasteiger charge is 2.17. The average molecular weight is 572 g/mol. The summed E-state index contributed by atoms with van der Waals surface area (Å²) in [5.41, 5.74) is 1.35. The Kier molecular flexibility index (Phi) is 9.47. The molecule has 12 heteroatoms. The molecule has 196 valence electrons. The van der Waals surface area contributed by atoms with E-state index in [1.807, 2.05) is 6.07 Å². The van der Waals surface area contributed by atoms with Crippen LogP contribution in [-0.4, -0.2) is 46.0 Å². The van der Waals surface area contributed by atoms with E-state index in [4.69, 9.17) is 32.7 Å². The summed E-state index contributed by atoms with van der Waals surface area (Å²) in [7, 11) is 1.58. The van der Waals surface area contributed by atoms with Crippen LogP contribution in [0.5, 0.6) is 11.5 Å². The third-order valence-electron chi connectivity index (χ3n) is 5.10. The zero-order valence-corrected chi connectivity index (χ0v) is 22.5. The highest BCUT2D eigenvalue weighted by Crippen LogP contribution is 2.25. The van der Waals surface area contributed by atoms with E-state index >= 15 is 0 Å². The van der Waals surface area contributed by atoms with Crippen LogP contribution in [0.4, 0.5) is 5.69 Å². The molecule has 0 spiro atoms. The molecule has 1 aromatic heterocycles. The van der Waals surface area contributed by atoms with E-state index in [0.717, 1.165) is 0 Å². The van der Waals surface area contributed by atoms with E-state index in [-0.39, 0.29) is 30.7 Å². The Hall–Kier alpha value is -3.73. The van der Waals surface area contributed by atoms with Crippen molar-refractivity contribution < 1.29 is 19.1 Å². The Bertz CT molecular complexity index is 1400. The van der Waals surface area contributed by atoms with Gasteiger partial charge in [0.05, 0.1) is 25.1 Å². The van der Waals surface area contributed by atoms with Gasteiger partial charge in [-0.05, 0) is 66.7 Å². The number of hydrogen-bond donors (Lipinski definition) is 2. The molecular weight excluding hydrogens is 549 g/mol. The minimum Gasteiger partial charge on any atom is -0.497 e. The number of thioether (sulfide) groups is 1. The van der Waals surface area contributed by atoms with E-state index in [1.165, 1.54) is 11.8 Å². The molecule has 38 heavy (non-hydrogen) atoms. The molecule has 0 atom stereocenters. The van der Waals surface area contributed by atoms with Crippen LogP contribution >= 0.6 is 35.0 Å². The molecule has 0 unspecified atom stereocenters. The van der Waals surface area contributed by atoms with Gasteiger partial charge in [-0.3, -0.25) is 14.2 Å². The molecule has 3 aromatic carbocycles. The number of ether oxygens (including phenoxy) is 2. The minimum atomic E-state index is -0.339. The van der Waals surface area contributed by atoms with Gasteiger partial charge >= 0.3 is 0 Å². The maximum atomic E-state index is 12.6. The lowest BCUT2D eigenvalue weighted by atomic mass is 10.3. The second-order valence-corrected chi connectivity index (χ2v) is 9.61. The number of amides is 2. The Labute approximate surface area is 233 Å². The molecule has 0 fully saturated rings. The molecule has 0 saturated heterocycles. The summed E-state index contributed by atoms with van der Waals surface area (Å²) in [6.07, 6.45) is 0. The van der Waals surface area contributed by atoms with Crippen molar-refractivity contribution in [3.05, 3.63) is 88.7 Å². The summed E-state index contributed by atoms with van der Waals surface area (Å²) in [5.74, 6) is 1.22. The molecule has 0 bridgehead atoms. The van der Waals surface area contributed by atoms with Crippen LogP contribution in [0.25, 0.3) is 5.69 Å². The maximum absolute atomic E-state index is 12.6. The number of nitrogens with one attached hydrogen (secondary N) is 2. The first-order valence-corrected chi connectivity index (χ1v) is 13.1. The van der Waals surface area contributed by atoms with E-state index in [0.29, 0.717) is 43.9 Å². The van der Waals surface area contributed by atoms with Gasteiger partial charge in [0, 0.05) is 15.7 Å². The first-order chi connectivity index (χ1) is 18.4. The number of rotatable bonds is 11. The number of aromatic nitrogens is 3. The summed E-state index contributed by atoms with van der Waals surface area (Å²) in [5, 5.41) is 15.7. The van der Waals surface area contributed by atoms with E-state index in [9.17, 15) is 9.59 Å². The molecule has 2 amide bonds. The van der Waals surface area contributed by atoms with Gasteiger partial charge in [0.25, 0.3) is 5.91 Å². The quantitative estimate of drug-likeness (QED) is 0.244. The fraction of sp³-hybridized carbons (Fsp3) is 0.154. The van der Waals surface area contributed by atoms with Crippen molar-refractivity contribution in [2.45, 2.75) is 11.7 Å². The number of methoxy groups -OCH3 is 1. The maximum Gasteiger partial charge on any atom is 0.258 e. The molecule has 0 aliphatic rings. The standard InChI is InChI=1S/C26H23Cl2N5O4S/c1-36-21-11-7-19(8-12-21)30-25(35)16-38-26-32-31-23(33(26)20-4-2-3-18(28)13-20)14-29-24(34)15-37-22-9-5-17(27)6-10-22/h2-13H,14-16H2,1H3,(H,29,34)(H,30,35). The summed E-state index contributed by atoms with van der Waals surface area (Å²) < 4.78 is 12.4. The fourth-order valence-corrected chi connectivity index (χ4v) is 4.37. The average Bonchev–Trinajstić information content (AvgIpc) is 3.33. The first kappa shape index (κ1) is 27.3. The van der Waals surface area contributed by atoms with Crippen LogP contribution in [0.2, 0.25) is 10.0 Å². The number of hydrogen-bond acceptors (Lipinski definition) is 7. The lowest BCUT2D eigenvalue weighted by Gasteiger charge is -2.12. The van der Waals surface area contributed by atoms with Crippen molar-refractivity contribution in [2.75, 3.05) is 24.8 Å². The number of nitrogens with zero attached hydrogens (tertiary/aromatic N) is 3. The molecular formula is C26H23Cl2N5O4S. The van der Waals surface area contributed by atoms with Gasteiger partial charge in [0.15, 0.2) is 17.6 Å². The van der Waals surface area contributed by atoms with Crippen LogP contribution < -0.4 is 20.1 Å². The van der Waals surface area contributed by atoms with Crippen molar-refractivity contribution in [1.82, 2.24) is 20.1 Å². The topological polar surface area (TPSA) is 107 Å². The lowest BCUT2D eigenvalue weighted by Crippen LogP contribution is -2.29. The second kappa shape index (κ2) is 13.2.